The number of fused-ring (bicyclic) bond motifs is 1. The van der Waals surface area contributed by atoms with Crippen molar-refractivity contribution in [3.05, 3.63) is 72.2 Å². The molecule has 1 aliphatic rings. The second kappa shape index (κ2) is 8.26. The Morgan fingerprint density at radius 1 is 0.871 bits per heavy atom. The molecular formula is C24H26N6O. The SMILES string of the molecule is COc1ccc(Cn2ncc3c(N4CCN(c5ccc(C)cc5)CC4)ncnc32)cc1. The number of hydrogen-bond acceptors (Lipinski definition) is 6. The van der Waals surface area contributed by atoms with Crippen molar-refractivity contribution in [1.29, 1.82) is 0 Å². The van der Waals surface area contributed by atoms with Crippen LogP contribution in [0.15, 0.2) is 61.1 Å². The zero-order chi connectivity index (χ0) is 21.2. The van der Waals surface area contributed by atoms with Gasteiger partial charge in [-0.25, -0.2) is 14.6 Å². The first-order valence-corrected chi connectivity index (χ1v) is 10.6. The average molecular weight is 415 g/mol. The van der Waals surface area contributed by atoms with Crippen molar-refractivity contribution in [2.75, 3.05) is 43.1 Å². The Kier molecular flexibility index (Phi) is 5.16. The smallest absolute Gasteiger partial charge is 0.163 e. The Morgan fingerprint density at radius 3 is 2.29 bits per heavy atom. The highest BCUT2D eigenvalue weighted by Gasteiger charge is 2.21. The minimum absolute atomic E-state index is 0.658. The van der Waals surface area contributed by atoms with Gasteiger partial charge in [0.05, 0.1) is 25.2 Å². The van der Waals surface area contributed by atoms with Crippen LogP contribution in [0.2, 0.25) is 0 Å². The van der Waals surface area contributed by atoms with Crippen LogP contribution >= 0.6 is 0 Å². The van der Waals surface area contributed by atoms with Crippen molar-refractivity contribution in [2.24, 2.45) is 0 Å². The van der Waals surface area contributed by atoms with E-state index in [1.807, 2.05) is 23.0 Å². The molecule has 2 aromatic heterocycles. The summed E-state index contributed by atoms with van der Waals surface area (Å²) in [5, 5.41) is 5.61. The summed E-state index contributed by atoms with van der Waals surface area (Å²) in [5.74, 6) is 1.82. The van der Waals surface area contributed by atoms with Gasteiger partial charge < -0.3 is 14.5 Å². The lowest BCUT2D eigenvalue weighted by molar-refractivity contribution is 0.414. The number of rotatable bonds is 5. The Morgan fingerprint density at radius 2 is 1.58 bits per heavy atom. The first-order chi connectivity index (χ1) is 15.2. The molecule has 7 heteroatoms. The minimum Gasteiger partial charge on any atom is -0.497 e. The molecule has 0 saturated carbocycles. The Balaban J connectivity index is 1.33. The minimum atomic E-state index is 0.658. The predicted octanol–water partition coefficient (Wildman–Crippen LogP) is 3.52. The third-order valence-electron chi connectivity index (χ3n) is 5.88. The Labute approximate surface area is 181 Å². The fourth-order valence-electron chi connectivity index (χ4n) is 4.08. The lowest BCUT2D eigenvalue weighted by atomic mass is 10.2. The van der Waals surface area contributed by atoms with Crippen LogP contribution in [0.25, 0.3) is 11.0 Å². The van der Waals surface area contributed by atoms with Gasteiger partial charge in [0, 0.05) is 31.9 Å². The van der Waals surface area contributed by atoms with Crippen LogP contribution in [0.5, 0.6) is 5.75 Å². The van der Waals surface area contributed by atoms with Gasteiger partial charge in [0.2, 0.25) is 0 Å². The predicted molar refractivity (Wildman–Crippen MR) is 123 cm³/mol. The van der Waals surface area contributed by atoms with Crippen LogP contribution < -0.4 is 14.5 Å². The summed E-state index contributed by atoms with van der Waals surface area (Å²) < 4.78 is 7.18. The van der Waals surface area contributed by atoms with E-state index >= 15 is 0 Å². The number of aromatic nitrogens is 4. The molecule has 31 heavy (non-hydrogen) atoms. The summed E-state index contributed by atoms with van der Waals surface area (Å²) in [7, 11) is 1.68. The molecular weight excluding hydrogens is 388 g/mol. The Hall–Kier alpha value is -3.61. The zero-order valence-electron chi connectivity index (χ0n) is 17.9. The van der Waals surface area contributed by atoms with E-state index in [9.17, 15) is 0 Å². The number of hydrogen-bond donors (Lipinski definition) is 0. The number of anilines is 2. The monoisotopic (exact) mass is 414 g/mol. The van der Waals surface area contributed by atoms with E-state index in [1.165, 1.54) is 11.3 Å². The van der Waals surface area contributed by atoms with Gasteiger partial charge >= 0.3 is 0 Å². The molecule has 3 heterocycles. The standard InChI is InChI=1S/C24H26N6O/c1-18-3-7-20(8-4-18)28-11-13-29(14-12-28)23-22-15-27-30(24(22)26-17-25-23)16-19-5-9-21(31-2)10-6-19/h3-10,15,17H,11-14,16H2,1-2H3. The molecule has 5 rings (SSSR count). The summed E-state index contributed by atoms with van der Waals surface area (Å²) in [4.78, 5) is 13.9. The molecule has 1 fully saturated rings. The number of methoxy groups -OCH3 is 1. The van der Waals surface area contributed by atoms with Crippen LogP contribution in [0.4, 0.5) is 11.5 Å². The number of ether oxygens (including phenoxy) is 1. The van der Waals surface area contributed by atoms with Crippen LogP contribution in [0, 0.1) is 6.92 Å². The quantitative estimate of drug-likeness (QED) is 0.498. The molecule has 1 saturated heterocycles. The summed E-state index contributed by atoms with van der Waals surface area (Å²) in [5.41, 5.74) is 4.59. The van der Waals surface area contributed by atoms with Crippen molar-refractivity contribution in [3.8, 4) is 5.75 Å². The van der Waals surface area contributed by atoms with Gasteiger partial charge in [-0.2, -0.15) is 5.10 Å². The van der Waals surface area contributed by atoms with E-state index in [4.69, 9.17) is 4.74 Å². The summed E-state index contributed by atoms with van der Waals surface area (Å²) >= 11 is 0. The van der Waals surface area contributed by atoms with Gasteiger partial charge in [-0.3, -0.25) is 0 Å². The van der Waals surface area contributed by atoms with Gasteiger partial charge in [-0.15, -0.1) is 0 Å². The van der Waals surface area contributed by atoms with Crippen molar-refractivity contribution >= 4 is 22.5 Å². The number of nitrogens with zero attached hydrogens (tertiary/aromatic N) is 6. The van der Waals surface area contributed by atoms with Crippen molar-refractivity contribution < 1.29 is 4.74 Å². The lowest BCUT2D eigenvalue weighted by Crippen LogP contribution is -2.46. The molecule has 4 aromatic rings. The second-order valence-electron chi connectivity index (χ2n) is 7.89. The van der Waals surface area contributed by atoms with E-state index in [2.05, 4.69) is 68.2 Å². The molecule has 0 bridgehead atoms. The van der Waals surface area contributed by atoms with Crippen molar-refractivity contribution in [3.63, 3.8) is 0 Å². The number of aryl methyl sites for hydroxylation is 1. The molecule has 0 atom stereocenters. The van der Waals surface area contributed by atoms with E-state index < -0.39 is 0 Å². The topological polar surface area (TPSA) is 59.3 Å². The van der Waals surface area contributed by atoms with Crippen LogP contribution in [-0.4, -0.2) is 53.0 Å². The highest BCUT2D eigenvalue weighted by Crippen LogP contribution is 2.26. The summed E-state index contributed by atoms with van der Waals surface area (Å²) in [6, 6.07) is 16.8. The first kappa shape index (κ1) is 19.4. The maximum Gasteiger partial charge on any atom is 0.163 e. The lowest BCUT2D eigenvalue weighted by Gasteiger charge is -2.36. The maximum absolute atomic E-state index is 5.25. The van der Waals surface area contributed by atoms with E-state index in [0.717, 1.165) is 54.3 Å². The highest BCUT2D eigenvalue weighted by molar-refractivity contribution is 5.86. The maximum atomic E-state index is 5.25. The van der Waals surface area contributed by atoms with Gasteiger partial charge in [0.15, 0.2) is 5.65 Å². The summed E-state index contributed by atoms with van der Waals surface area (Å²) in [6.45, 7) is 6.55. The van der Waals surface area contributed by atoms with E-state index in [1.54, 1.807) is 13.4 Å². The molecule has 2 aromatic carbocycles. The summed E-state index contributed by atoms with van der Waals surface area (Å²) in [6.07, 6.45) is 3.54. The van der Waals surface area contributed by atoms with Gasteiger partial charge in [0.25, 0.3) is 0 Å². The molecule has 7 nitrogen and oxygen atoms in total. The molecule has 0 radical (unpaired) electrons. The second-order valence-corrected chi connectivity index (χ2v) is 7.89. The Bertz CT molecular complexity index is 1160. The van der Waals surface area contributed by atoms with Gasteiger partial charge in [0.1, 0.15) is 17.9 Å². The molecule has 0 amide bonds. The molecule has 158 valence electrons. The van der Waals surface area contributed by atoms with E-state index in [-0.39, 0.29) is 0 Å². The van der Waals surface area contributed by atoms with Crippen molar-refractivity contribution in [2.45, 2.75) is 13.5 Å². The number of benzene rings is 2. The average Bonchev–Trinajstić information content (AvgIpc) is 3.23. The third-order valence-corrected chi connectivity index (χ3v) is 5.88. The number of piperazine rings is 1. The normalized spacial score (nSPS) is 14.3. The molecule has 0 N–H and O–H groups in total. The molecule has 0 aliphatic carbocycles. The van der Waals surface area contributed by atoms with Crippen LogP contribution in [-0.2, 0) is 6.54 Å². The van der Waals surface area contributed by atoms with E-state index in [0.29, 0.717) is 6.54 Å². The van der Waals surface area contributed by atoms with Crippen LogP contribution in [0.1, 0.15) is 11.1 Å². The molecule has 0 unspecified atom stereocenters. The molecule has 0 spiro atoms. The largest absolute Gasteiger partial charge is 0.497 e. The fraction of sp³-hybridized carbons (Fsp3) is 0.292. The van der Waals surface area contributed by atoms with Gasteiger partial charge in [-0.05, 0) is 36.8 Å². The molecule has 1 aliphatic heterocycles. The highest BCUT2D eigenvalue weighted by atomic mass is 16.5. The van der Waals surface area contributed by atoms with Crippen molar-refractivity contribution in [1.82, 2.24) is 19.7 Å². The van der Waals surface area contributed by atoms with Gasteiger partial charge in [-0.1, -0.05) is 29.8 Å². The first-order valence-electron chi connectivity index (χ1n) is 10.6. The zero-order valence-corrected chi connectivity index (χ0v) is 17.9. The third kappa shape index (κ3) is 3.91. The fourth-order valence-corrected chi connectivity index (χ4v) is 4.08. The van der Waals surface area contributed by atoms with Crippen LogP contribution in [0.3, 0.4) is 0 Å².